The van der Waals surface area contributed by atoms with Crippen LogP contribution in [0, 0.1) is 0 Å². The molecule has 2 aromatic carbocycles. The van der Waals surface area contributed by atoms with Gasteiger partial charge in [0.2, 0.25) is 0 Å². The van der Waals surface area contributed by atoms with Crippen molar-refractivity contribution in [2.24, 2.45) is 0 Å². The van der Waals surface area contributed by atoms with Crippen LogP contribution < -0.4 is 5.30 Å². The summed E-state index contributed by atoms with van der Waals surface area (Å²) in [5.74, 6) is 0. The first kappa shape index (κ1) is 16.9. The van der Waals surface area contributed by atoms with E-state index in [0.717, 1.165) is 16.7 Å². The van der Waals surface area contributed by atoms with Crippen molar-refractivity contribution in [1.29, 1.82) is 0 Å². The molecule has 0 spiro atoms. The van der Waals surface area contributed by atoms with Crippen molar-refractivity contribution in [3.8, 4) is 11.1 Å². The van der Waals surface area contributed by atoms with Crippen molar-refractivity contribution in [3.05, 3.63) is 54.1 Å². The van der Waals surface area contributed by atoms with Gasteiger partial charge in [0.25, 0.3) is 0 Å². The lowest BCUT2D eigenvalue weighted by Gasteiger charge is -2.17. The molecule has 0 fully saturated rings. The van der Waals surface area contributed by atoms with Crippen LogP contribution in [0.25, 0.3) is 11.1 Å². The Hall–Kier alpha value is -1.45. The van der Waals surface area contributed by atoms with E-state index in [2.05, 4.69) is 0 Å². The topological polar surface area (TPSA) is 55.8 Å². The minimum atomic E-state index is -3.27. The SMILES string of the molecule is CCOP(=O)(OCC)c1cccc(-c2ccc(CO)cc2)c1. The summed E-state index contributed by atoms with van der Waals surface area (Å²) in [6.07, 6.45) is 0. The molecule has 22 heavy (non-hydrogen) atoms. The van der Waals surface area contributed by atoms with Crippen molar-refractivity contribution in [2.75, 3.05) is 13.2 Å². The summed E-state index contributed by atoms with van der Waals surface area (Å²) in [6.45, 7) is 4.26. The predicted octanol–water partition coefficient (Wildman–Crippen LogP) is 3.74. The normalized spacial score (nSPS) is 11.6. The van der Waals surface area contributed by atoms with Gasteiger partial charge in [0.05, 0.1) is 25.1 Å². The van der Waals surface area contributed by atoms with Gasteiger partial charge >= 0.3 is 7.60 Å². The van der Waals surface area contributed by atoms with Gasteiger partial charge in [0.1, 0.15) is 0 Å². The molecule has 0 saturated carbocycles. The van der Waals surface area contributed by atoms with Crippen LogP contribution in [-0.4, -0.2) is 18.3 Å². The summed E-state index contributed by atoms with van der Waals surface area (Å²) in [6, 6.07) is 15.0. The number of aliphatic hydroxyl groups excluding tert-OH is 1. The zero-order valence-electron chi connectivity index (χ0n) is 12.9. The van der Waals surface area contributed by atoms with Gasteiger partial charge in [-0.25, -0.2) is 0 Å². The zero-order valence-corrected chi connectivity index (χ0v) is 13.8. The van der Waals surface area contributed by atoms with Crippen LogP contribution in [0.1, 0.15) is 19.4 Å². The van der Waals surface area contributed by atoms with Crippen molar-refractivity contribution in [3.63, 3.8) is 0 Å². The average molecular weight is 320 g/mol. The Bertz CT molecular complexity index is 642. The van der Waals surface area contributed by atoms with E-state index in [4.69, 9.17) is 14.2 Å². The Kier molecular flexibility index (Phi) is 5.92. The molecule has 1 N–H and O–H groups in total. The summed E-state index contributed by atoms with van der Waals surface area (Å²) < 4.78 is 23.6. The molecule has 0 bridgehead atoms. The van der Waals surface area contributed by atoms with Crippen LogP contribution in [-0.2, 0) is 20.2 Å². The Labute approximate surface area is 131 Å². The highest BCUT2D eigenvalue weighted by Crippen LogP contribution is 2.47. The smallest absolute Gasteiger partial charge is 0.361 e. The Morgan fingerprint density at radius 3 is 2.14 bits per heavy atom. The van der Waals surface area contributed by atoms with Crippen LogP contribution in [0.15, 0.2) is 48.5 Å². The molecule has 2 aromatic rings. The second-order valence-electron chi connectivity index (χ2n) is 4.74. The van der Waals surface area contributed by atoms with Gasteiger partial charge in [-0.15, -0.1) is 0 Å². The molecular weight excluding hydrogens is 299 g/mol. The highest BCUT2D eigenvalue weighted by molar-refractivity contribution is 7.62. The van der Waals surface area contributed by atoms with Gasteiger partial charge in [0.15, 0.2) is 0 Å². The summed E-state index contributed by atoms with van der Waals surface area (Å²) in [7, 11) is -3.27. The van der Waals surface area contributed by atoms with Gasteiger partial charge in [-0.1, -0.05) is 36.4 Å². The molecule has 0 aliphatic carbocycles. The standard InChI is InChI=1S/C17H21O4P/c1-3-20-22(19,21-4-2)17-7-5-6-16(12-17)15-10-8-14(13-18)9-11-15/h5-12,18H,3-4,13H2,1-2H3. The lowest BCUT2D eigenvalue weighted by atomic mass is 10.0. The van der Waals surface area contributed by atoms with E-state index in [1.54, 1.807) is 19.9 Å². The van der Waals surface area contributed by atoms with Crippen LogP contribution in [0.4, 0.5) is 0 Å². The molecule has 4 nitrogen and oxygen atoms in total. The quantitative estimate of drug-likeness (QED) is 0.790. The third-order valence-electron chi connectivity index (χ3n) is 3.23. The number of hydrogen-bond donors (Lipinski definition) is 1. The maximum atomic E-state index is 12.8. The average Bonchev–Trinajstić information content (AvgIpc) is 2.55. The first-order valence-corrected chi connectivity index (χ1v) is 8.87. The summed E-state index contributed by atoms with van der Waals surface area (Å²) in [4.78, 5) is 0. The Morgan fingerprint density at radius 1 is 0.955 bits per heavy atom. The van der Waals surface area contributed by atoms with Crippen molar-refractivity contribution in [1.82, 2.24) is 0 Å². The van der Waals surface area contributed by atoms with E-state index < -0.39 is 7.60 Å². The van der Waals surface area contributed by atoms with Crippen LogP contribution in [0.2, 0.25) is 0 Å². The third-order valence-corrected chi connectivity index (χ3v) is 5.34. The number of aliphatic hydroxyl groups is 1. The summed E-state index contributed by atoms with van der Waals surface area (Å²) in [5, 5.41) is 9.65. The second kappa shape index (κ2) is 7.70. The fraction of sp³-hybridized carbons (Fsp3) is 0.294. The van der Waals surface area contributed by atoms with Gasteiger partial charge in [-0.05, 0) is 42.7 Å². The first-order chi connectivity index (χ1) is 10.6. The molecule has 0 heterocycles. The minimum Gasteiger partial charge on any atom is -0.392 e. The van der Waals surface area contributed by atoms with E-state index in [9.17, 15) is 4.57 Å². The molecule has 2 rings (SSSR count). The molecular formula is C17H21O4P. The molecule has 118 valence electrons. The van der Waals surface area contributed by atoms with Crippen LogP contribution >= 0.6 is 7.60 Å². The molecule has 0 unspecified atom stereocenters. The molecule has 0 aliphatic rings. The molecule has 0 saturated heterocycles. The van der Waals surface area contributed by atoms with Crippen molar-refractivity contribution in [2.45, 2.75) is 20.5 Å². The summed E-state index contributed by atoms with van der Waals surface area (Å²) >= 11 is 0. The highest BCUT2D eigenvalue weighted by Gasteiger charge is 2.26. The molecule has 0 atom stereocenters. The fourth-order valence-electron chi connectivity index (χ4n) is 2.18. The summed E-state index contributed by atoms with van der Waals surface area (Å²) in [5.41, 5.74) is 2.77. The van der Waals surface area contributed by atoms with Crippen molar-refractivity contribution >= 4 is 12.9 Å². The number of benzene rings is 2. The fourth-order valence-corrected chi connectivity index (χ4v) is 3.80. The Morgan fingerprint density at radius 2 is 1.59 bits per heavy atom. The van der Waals surface area contributed by atoms with E-state index >= 15 is 0 Å². The largest absolute Gasteiger partial charge is 0.392 e. The predicted molar refractivity (Wildman–Crippen MR) is 88.3 cm³/mol. The van der Waals surface area contributed by atoms with Crippen LogP contribution in [0.3, 0.4) is 0 Å². The second-order valence-corrected chi connectivity index (χ2v) is 6.77. The maximum absolute atomic E-state index is 12.8. The zero-order chi connectivity index (χ0) is 16.0. The van der Waals surface area contributed by atoms with E-state index in [1.165, 1.54) is 0 Å². The first-order valence-electron chi connectivity index (χ1n) is 7.33. The molecule has 0 aromatic heterocycles. The molecule has 0 amide bonds. The number of rotatable bonds is 7. The molecule has 5 heteroatoms. The van der Waals surface area contributed by atoms with E-state index in [0.29, 0.717) is 18.5 Å². The van der Waals surface area contributed by atoms with Crippen LogP contribution in [0.5, 0.6) is 0 Å². The van der Waals surface area contributed by atoms with Gasteiger partial charge < -0.3 is 14.2 Å². The van der Waals surface area contributed by atoms with Gasteiger partial charge in [-0.3, -0.25) is 4.57 Å². The lowest BCUT2D eigenvalue weighted by Crippen LogP contribution is -2.10. The maximum Gasteiger partial charge on any atom is 0.361 e. The minimum absolute atomic E-state index is 0.0181. The highest BCUT2D eigenvalue weighted by atomic mass is 31.2. The van der Waals surface area contributed by atoms with E-state index in [-0.39, 0.29) is 6.61 Å². The lowest BCUT2D eigenvalue weighted by molar-refractivity contribution is 0.230. The molecule has 0 radical (unpaired) electrons. The van der Waals surface area contributed by atoms with Crippen molar-refractivity contribution < 1.29 is 18.7 Å². The molecule has 0 aliphatic heterocycles. The third kappa shape index (κ3) is 3.84. The Balaban J connectivity index is 2.37. The monoisotopic (exact) mass is 320 g/mol. The number of hydrogen-bond acceptors (Lipinski definition) is 4. The van der Waals surface area contributed by atoms with Gasteiger partial charge in [-0.2, -0.15) is 0 Å². The van der Waals surface area contributed by atoms with E-state index in [1.807, 2.05) is 42.5 Å². The van der Waals surface area contributed by atoms with Gasteiger partial charge in [0, 0.05) is 0 Å².